The zero-order valence-electron chi connectivity index (χ0n) is 17.7. The molecule has 1 amide bonds. The number of carbonyl (C=O) groups is 2. The summed E-state index contributed by atoms with van der Waals surface area (Å²) >= 11 is 1.01. The largest absolute Gasteiger partial charge is 0.493 e. The van der Waals surface area contributed by atoms with Gasteiger partial charge in [0.25, 0.3) is 15.9 Å². The molecule has 0 bridgehead atoms. The number of nitrogens with one attached hydrogen (secondary N) is 1. The van der Waals surface area contributed by atoms with Gasteiger partial charge in [-0.25, -0.2) is 8.42 Å². The first-order valence-corrected chi connectivity index (χ1v) is 11.9. The Hall–Kier alpha value is -2.67. The Labute approximate surface area is 190 Å². The van der Waals surface area contributed by atoms with Crippen molar-refractivity contribution < 1.29 is 37.0 Å². The molecule has 10 nitrogen and oxygen atoms in total. The summed E-state index contributed by atoms with van der Waals surface area (Å²) in [6.07, 6.45) is -0.132. The Morgan fingerprint density at radius 3 is 2.50 bits per heavy atom. The molecule has 12 heteroatoms. The number of rotatable bonds is 9. The summed E-state index contributed by atoms with van der Waals surface area (Å²) in [6, 6.07) is 7.90. The molecule has 174 valence electrons. The van der Waals surface area contributed by atoms with Crippen LogP contribution in [0.3, 0.4) is 0 Å². The van der Waals surface area contributed by atoms with Gasteiger partial charge in [0.05, 0.1) is 33.9 Å². The summed E-state index contributed by atoms with van der Waals surface area (Å²) in [7, 11) is -0.628. The first-order chi connectivity index (χ1) is 15.3. The van der Waals surface area contributed by atoms with Crippen molar-refractivity contribution in [3.05, 3.63) is 35.2 Å². The second-order valence-electron chi connectivity index (χ2n) is 6.69. The number of benzene rings is 1. The fourth-order valence-electron chi connectivity index (χ4n) is 2.96. The van der Waals surface area contributed by atoms with Gasteiger partial charge in [-0.3, -0.25) is 9.59 Å². The molecule has 0 spiro atoms. The first kappa shape index (κ1) is 24.0. The molecule has 1 aliphatic rings. The molecular weight excluding hydrogens is 460 g/mol. The van der Waals surface area contributed by atoms with E-state index in [4.69, 9.17) is 18.9 Å². The normalized spacial score (nSPS) is 14.6. The van der Waals surface area contributed by atoms with E-state index in [1.54, 1.807) is 24.3 Å². The lowest BCUT2D eigenvalue weighted by Crippen LogP contribution is -2.40. The maximum absolute atomic E-state index is 12.7. The molecule has 1 N–H and O–H groups in total. The number of esters is 1. The minimum absolute atomic E-state index is 0.132. The minimum atomic E-state index is -3.61. The number of thiophene rings is 1. The number of anilines is 1. The minimum Gasteiger partial charge on any atom is -0.493 e. The van der Waals surface area contributed by atoms with Gasteiger partial charge in [-0.15, -0.1) is 11.3 Å². The van der Waals surface area contributed by atoms with Crippen LogP contribution < -0.4 is 14.8 Å². The van der Waals surface area contributed by atoms with Crippen LogP contribution in [0, 0.1) is 0 Å². The number of hydrogen-bond acceptors (Lipinski definition) is 9. The lowest BCUT2D eigenvalue weighted by molar-refractivity contribution is -0.146. The monoisotopic (exact) mass is 484 g/mol. The number of ether oxygens (including phenoxy) is 4. The number of methoxy groups -OCH3 is 2. The van der Waals surface area contributed by atoms with Crippen molar-refractivity contribution in [1.29, 1.82) is 0 Å². The highest BCUT2D eigenvalue weighted by Crippen LogP contribution is 2.30. The number of amides is 1. The predicted molar refractivity (Wildman–Crippen MR) is 117 cm³/mol. The lowest BCUT2D eigenvalue weighted by Gasteiger charge is -2.25. The maximum Gasteiger partial charge on any atom is 0.311 e. The van der Waals surface area contributed by atoms with Gasteiger partial charge in [-0.1, -0.05) is 0 Å². The summed E-state index contributed by atoms with van der Waals surface area (Å²) in [5.41, 5.74) is 0.458. The van der Waals surface area contributed by atoms with Crippen LogP contribution in [0.5, 0.6) is 11.5 Å². The van der Waals surface area contributed by atoms with Gasteiger partial charge in [0, 0.05) is 29.7 Å². The standard InChI is InChI=1S/C20H24N2O8S2/c1-27-16-5-3-14(11-17(16)28-2)21-18(23)13-30-19(24)12-15-4-6-20(31-15)32(25,26)22-7-9-29-10-8-22/h3-6,11H,7-10,12-13H2,1-2H3,(H,21,23). The number of carbonyl (C=O) groups excluding carboxylic acids is 2. The topological polar surface area (TPSA) is 120 Å². The Morgan fingerprint density at radius 1 is 1.09 bits per heavy atom. The molecule has 32 heavy (non-hydrogen) atoms. The van der Waals surface area contributed by atoms with Crippen molar-refractivity contribution in [2.45, 2.75) is 10.6 Å². The highest BCUT2D eigenvalue weighted by atomic mass is 32.2. The molecule has 3 rings (SSSR count). The third-order valence-corrected chi connectivity index (χ3v) is 8.00. The van der Waals surface area contributed by atoms with Crippen LogP contribution in [0.1, 0.15) is 4.88 Å². The average Bonchev–Trinajstić information content (AvgIpc) is 3.27. The van der Waals surface area contributed by atoms with Gasteiger partial charge < -0.3 is 24.3 Å². The molecule has 1 fully saturated rings. The molecule has 1 aromatic heterocycles. The van der Waals surface area contributed by atoms with E-state index in [1.807, 2.05) is 0 Å². The number of hydrogen-bond donors (Lipinski definition) is 1. The Kier molecular flexibility index (Phi) is 8.07. The molecule has 1 aromatic carbocycles. The van der Waals surface area contributed by atoms with E-state index >= 15 is 0 Å². The Bertz CT molecular complexity index is 1060. The molecular formula is C20H24N2O8S2. The molecule has 0 atom stereocenters. The zero-order chi connectivity index (χ0) is 23.1. The molecule has 0 saturated carbocycles. The van der Waals surface area contributed by atoms with Crippen molar-refractivity contribution in [2.75, 3.05) is 52.4 Å². The van der Waals surface area contributed by atoms with Gasteiger partial charge in [0.1, 0.15) is 4.21 Å². The number of nitrogens with zero attached hydrogens (tertiary/aromatic N) is 1. The van der Waals surface area contributed by atoms with Crippen LogP contribution in [0.15, 0.2) is 34.5 Å². The lowest BCUT2D eigenvalue weighted by atomic mass is 10.2. The Morgan fingerprint density at radius 2 is 1.81 bits per heavy atom. The highest BCUT2D eigenvalue weighted by molar-refractivity contribution is 7.91. The predicted octanol–water partition coefficient (Wildman–Crippen LogP) is 1.51. The van der Waals surface area contributed by atoms with Crippen molar-refractivity contribution in [2.24, 2.45) is 0 Å². The van der Waals surface area contributed by atoms with Crippen molar-refractivity contribution in [3.63, 3.8) is 0 Å². The maximum atomic E-state index is 12.7. The zero-order valence-corrected chi connectivity index (χ0v) is 19.3. The number of morpholine rings is 1. The molecule has 0 radical (unpaired) electrons. The van der Waals surface area contributed by atoms with Crippen LogP contribution in [0.4, 0.5) is 5.69 Å². The highest BCUT2D eigenvalue weighted by Gasteiger charge is 2.28. The van der Waals surface area contributed by atoms with Crippen LogP contribution in [0.2, 0.25) is 0 Å². The number of sulfonamides is 1. The molecule has 1 saturated heterocycles. The van der Waals surface area contributed by atoms with E-state index in [0.29, 0.717) is 48.4 Å². The molecule has 0 unspecified atom stereocenters. The SMILES string of the molecule is COc1ccc(NC(=O)COC(=O)Cc2ccc(S(=O)(=O)N3CCOCC3)s2)cc1OC. The van der Waals surface area contributed by atoms with E-state index in [0.717, 1.165) is 11.3 Å². The van der Waals surface area contributed by atoms with Crippen LogP contribution in [0.25, 0.3) is 0 Å². The van der Waals surface area contributed by atoms with Gasteiger partial charge >= 0.3 is 5.97 Å². The second-order valence-corrected chi connectivity index (χ2v) is 10.0. The summed E-state index contributed by atoms with van der Waals surface area (Å²) in [5, 5.41) is 2.60. The van der Waals surface area contributed by atoms with Crippen molar-refractivity contribution in [1.82, 2.24) is 4.31 Å². The van der Waals surface area contributed by atoms with Crippen molar-refractivity contribution in [3.8, 4) is 11.5 Å². The molecule has 2 aromatic rings. The van der Waals surface area contributed by atoms with Crippen LogP contribution in [-0.2, 0) is 35.5 Å². The van der Waals surface area contributed by atoms with Gasteiger partial charge in [-0.2, -0.15) is 4.31 Å². The fraction of sp³-hybridized carbons (Fsp3) is 0.400. The first-order valence-electron chi connectivity index (χ1n) is 9.67. The summed E-state index contributed by atoms with van der Waals surface area (Å²) < 4.78 is 47.4. The quantitative estimate of drug-likeness (QED) is 0.532. The summed E-state index contributed by atoms with van der Waals surface area (Å²) in [6.45, 7) is 0.835. The van der Waals surface area contributed by atoms with E-state index < -0.39 is 28.5 Å². The van der Waals surface area contributed by atoms with E-state index in [-0.39, 0.29) is 10.6 Å². The average molecular weight is 485 g/mol. The van der Waals surface area contributed by atoms with Crippen molar-refractivity contribution >= 4 is 38.9 Å². The summed E-state index contributed by atoms with van der Waals surface area (Å²) in [4.78, 5) is 24.7. The van der Waals surface area contributed by atoms with E-state index in [1.165, 1.54) is 24.6 Å². The smallest absolute Gasteiger partial charge is 0.311 e. The van der Waals surface area contributed by atoms with E-state index in [9.17, 15) is 18.0 Å². The second kappa shape index (κ2) is 10.8. The third-order valence-electron chi connectivity index (χ3n) is 4.55. The Balaban J connectivity index is 1.50. The molecule has 1 aliphatic heterocycles. The van der Waals surface area contributed by atoms with Gasteiger partial charge in [0.15, 0.2) is 18.1 Å². The van der Waals surface area contributed by atoms with Crippen LogP contribution >= 0.6 is 11.3 Å². The van der Waals surface area contributed by atoms with Gasteiger partial charge in [-0.05, 0) is 24.3 Å². The van der Waals surface area contributed by atoms with E-state index in [2.05, 4.69) is 5.32 Å². The molecule has 2 heterocycles. The van der Waals surface area contributed by atoms with Gasteiger partial charge in [0.2, 0.25) is 0 Å². The van der Waals surface area contributed by atoms with Crippen LogP contribution in [-0.4, -0.2) is 71.7 Å². The third kappa shape index (κ3) is 5.97. The molecule has 0 aliphatic carbocycles. The fourth-order valence-corrected chi connectivity index (χ4v) is 5.86. The summed E-state index contributed by atoms with van der Waals surface area (Å²) in [5.74, 6) is -0.192.